The first-order valence-electron chi connectivity index (χ1n) is 10.9. The third-order valence-electron chi connectivity index (χ3n) is 5.02. The predicted octanol–water partition coefficient (Wildman–Crippen LogP) is 4.74. The molecule has 0 atom stereocenters. The smallest absolute Gasteiger partial charge is 0.269 e. The van der Waals surface area contributed by atoms with Gasteiger partial charge in [-0.1, -0.05) is 18.2 Å². The minimum atomic E-state index is -0.671. The highest BCUT2D eigenvalue weighted by Crippen LogP contribution is 2.25. The Kier molecular flexibility index (Phi) is 6.88. The van der Waals surface area contributed by atoms with Crippen LogP contribution in [0.3, 0.4) is 0 Å². The van der Waals surface area contributed by atoms with E-state index in [9.17, 15) is 14.9 Å². The average molecular weight is 466 g/mol. The number of aryl methyl sites for hydroxylation is 1. The number of anilines is 1. The predicted molar refractivity (Wildman–Crippen MR) is 133 cm³/mol. The lowest BCUT2D eigenvalue weighted by molar-refractivity contribution is -0.112. The number of fused-ring (bicyclic) bond motifs is 1. The van der Waals surface area contributed by atoms with Crippen LogP contribution in [-0.2, 0) is 4.79 Å². The van der Waals surface area contributed by atoms with Crippen molar-refractivity contribution in [2.45, 2.75) is 13.8 Å². The molecule has 1 N–H and O–H groups in total. The van der Waals surface area contributed by atoms with E-state index < -0.39 is 11.5 Å². The maximum absolute atomic E-state index is 13.3. The molecule has 4 aromatic rings. The van der Waals surface area contributed by atoms with Crippen molar-refractivity contribution < 1.29 is 14.3 Å². The van der Waals surface area contributed by atoms with Crippen LogP contribution in [0.5, 0.6) is 17.4 Å². The Morgan fingerprint density at radius 3 is 2.63 bits per heavy atom. The number of rotatable bonds is 7. The highest BCUT2D eigenvalue weighted by molar-refractivity contribution is 6.09. The SMILES string of the molecule is CCOc1ccc(NC(=O)C(C#N)=Cc2c(Oc3cccc(C)c3)nc3ccccn3c2=O)cc1. The molecule has 2 aromatic heterocycles. The molecule has 0 aliphatic rings. The van der Waals surface area contributed by atoms with Crippen molar-refractivity contribution >= 4 is 23.3 Å². The number of amides is 1. The van der Waals surface area contributed by atoms with Crippen molar-refractivity contribution in [1.29, 1.82) is 5.26 Å². The van der Waals surface area contributed by atoms with Crippen LogP contribution in [-0.4, -0.2) is 21.9 Å². The zero-order valence-corrected chi connectivity index (χ0v) is 19.2. The van der Waals surface area contributed by atoms with Crippen LogP contribution in [0.25, 0.3) is 11.7 Å². The van der Waals surface area contributed by atoms with Crippen molar-refractivity contribution in [1.82, 2.24) is 9.38 Å². The van der Waals surface area contributed by atoms with E-state index in [-0.39, 0.29) is 17.0 Å². The number of benzene rings is 2. The average Bonchev–Trinajstić information content (AvgIpc) is 2.85. The third kappa shape index (κ3) is 5.37. The Balaban J connectivity index is 1.73. The van der Waals surface area contributed by atoms with E-state index >= 15 is 0 Å². The fourth-order valence-electron chi connectivity index (χ4n) is 3.37. The molecule has 0 fully saturated rings. The van der Waals surface area contributed by atoms with Crippen LogP contribution in [0.4, 0.5) is 5.69 Å². The van der Waals surface area contributed by atoms with Gasteiger partial charge in [0.25, 0.3) is 11.5 Å². The summed E-state index contributed by atoms with van der Waals surface area (Å²) in [7, 11) is 0. The summed E-state index contributed by atoms with van der Waals surface area (Å²) in [5.74, 6) is 0.461. The van der Waals surface area contributed by atoms with E-state index in [0.717, 1.165) is 5.56 Å². The van der Waals surface area contributed by atoms with Gasteiger partial charge in [0.1, 0.15) is 34.4 Å². The van der Waals surface area contributed by atoms with Gasteiger partial charge in [-0.15, -0.1) is 0 Å². The molecule has 0 aliphatic heterocycles. The molecular weight excluding hydrogens is 444 g/mol. The maximum atomic E-state index is 13.3. The maximum Gasteiger partial charge on any atom is 0.269 e. The molecule has 4 rings (SSSR count). The number of carbonyl (C=O) groups excluding carboxylic acids is 1. The Morgan fingerprint density at radius 1 is 1.11 bits per heavy atom. The Morgan fingerprint density at radius 2 is 1.91 bits per heavy atom. The van der Waals surface area contributed by atoms with E-state index in [2.05, 4.69) is 10.3 Å². The first-order valence-corrected chi connectivity index (χ1v) is 10.9. The molecule has 0 bridgehead atoms. The molecule has 0 saturated carbocycles. The number of carbonyl (C=O) groups is 1. The zero-order valence-electron chi connectivity index (χ0n) is 19.2. The summed E-state index contributed by atoms with van der Waals surface area (Å²) in [6.07, 6.45) is 2.76. The molecule has 0 radical (unpaired) electrons. The first-order chi connectivity index (χ1) is 17.0. The number of nitriles is 1. The van der Waals surface area contributed by atoms with Gasteiger partial charge < -0.3 is 14.8 Å². The lowest BCUT2D eigenvalue weighted by Gasteiger charge is -2.11. The van der Waals surface area contributed by atoms with Gasteiger partial charge in [-0.2, -0.15) is 10.2 Å². The lowest BCUT2D eigenvalue weighted by atomic mass is 10.1. The minimum Gasteiger partial charge on any atom is -0.494 e. The van der Waals surface area contributed by atoms with Gasteiger partial charge >= 0.3 is 0 Å². The number of nitrogens with zero attached hydrogens (tertiary/aromatic N) is 3. The molecule has 8 heteroatoms. The van der Waals surface area contributed by atoms with Crippen LogP contribution in [0.2, 0.25) is 0 Å². The van der Waals surface area contributed by atoms with E-state index in [1.165, 1.54) is 10.5 Å². The van der Waals surface area contributed by atoms with E-state index in [0.29, 0.717) is 29.4 Å². The summed E-state index contributed by atoms with van der Waals surface area (Å²) >= 11 is 0. The van der Waals surface area contributed by atoms with Crippen LogP contribution >= 0.6 is 0 Å². The van der Waals surface area contributed by atoms with E-state index in [1.54, 1.807) is 60.8 Å². The summed E-state index contributed by atoms with van der Waals surface area (Å²) in [4.78, 5) is 30.6. The molecule has 2 heterocycles. The third-order valence-corrected chi connectivity index (χ3v) is 5.02. The molecule has 174 valence electrons. The number of pyridine rings is 1. The van der Waals surface area contributed by atoms with Gasteiger partial charge in [-0.05, 0) is 74.0 Å². The van der Waals surface area contributed by atoms with Gasteiger partial charge in [0.05, 0.1) is 6.61 Å². The van der Waals surface area contributed by atoms with Crippen LogP contribution in [0, 0.1) is 18.3 Å². The van der Waals surface area contributed by atoms with Crippen molar-refractivity contribution in [2.24, 2.45) is 0 Å². The monoisotopic (exact) mass is 466 g/mol. The molecule has 35 heavy (non-hydrogen) atoms. The second-order valence-electron chi connectivity index (χ2n) is 7.56. The summed E-state index contributed by atoms with van der Waals surface area (Å²) in [5.41, 5.74) is 1.04. The zero-order chi connectivity index (χ0) is 24.8. The summed E-state index contributed by atoms with van der Waals surface area (Å²) in [5, 5.41) is 12.4. The Labute approximate surface area is 201 Å². The van der Waals surface area contributed by atoms with E-state index in [4.69, 9.17) is 9.47 Å². The topological polar surface area (TPSA) is 106 Å². The number of nitrogens with one attached hydrogen (secondary N) is 1. The quantitative estimate of drug-likeness (QED) is 0.312. The highest BCUT2D eigenvalue weighted by Gasteiger charge is 2.17. The minimum absolute atomic E-state index is 0.00610. The van der Waals surface area contributed by atoms with Crippen molar-refractivity contribution in [3.05, 3.63) is 100.0 Å². The second-order valence-corrected chi connectivity index (χ2v) is 7.56. The number of hydrogen-bond donors (Lipinski definition) is 1. The number of aromatic nitrogens is 2. The summed E-state index contributed by atoms with van der Waals surface area (Å²) in [6, 6.07) is 21.0. The number of hydrogen-bond acceptors (Lipinski definition) is 6. The Hall–Kier alpha value is -4.90. The van der Waals surface area contributed by atoms with Crippen LogP contribution in [0.1, 0.15) is 18.1 Å². The molecule has 0 unspecified atom stereocenters. The standard InChI is InChI=1S/C27H22N4O4/c1-3-34-21-12-10-20(11-13-21)29-25(32)19(17-28)16-23-26(35-22-8-6-7-18(2)15-22)30-24-9-4-5-14-31(24)27(23)33/h4-16H,3H2,1-2H3,(H,29,32). The van der Waals surface area contributed by atoms with Gasteiger partial charge in [0.15, 0.2) is 0 Å². The Bertz CT molecular complexity index is 1520. The van der Waals surface area contributed by atoms with Crippen molar-refractivity contribution in [3.8, 4) is 23.4 Å². The molecule has 1 amide bonds. The summed E-state index contributed by atoms with van der Waals surface area (Å²) in [6.45, 7) is 4.31. The molecule has 0 saturated heterocycles. The van der Waals surface area contributed by atoms with Crippen LogP contribution < -0.4 is 20.3 Å². The first kappa shape index (κ1) is 23.3. The van der Waals surface area contributed by atoms with Crippen molar-refractivity contribution in [2.75, 3.05) is 11.9 Å². The fraction of sp³-hybridized carbons (Fsp3) is 0.111. The largest absolute Gasteiger partial charge is 0.494 e. The number of ether oxygens (including phenoxy) is 2. The molecule has 0 spiro atoms. The molecule has 2 aromatic carbocycles. The lowest BCUT2D eigenvalue weighted by Crippen LogP contribution is -2.20. The van der Waals surface area contributed by atoms with Crippen molar-refractivity contribution in [3.63, 3.8) is 0 Å². The molecule has 8 nitrogen and oxygen atoms in total. The van der Waals surface area contributed by atoms with Gasteiger partial charge in [-0.3, -0.25) is 14.0 Å². The van der Waals surface area contributed by atoms with Gasteiger partial charge in [0.2, 0.25) is 5.88 Å². The van der Waals surface area contributed by atoms with Gasteiger partial charge in [0, 0.05) is 11.9 Å². The molecular formula is C27H22N4O4. The fourth-order valence-corrected chi connectivity index (χ4v) is 3.37. The highest BCUT2D eigenvalue weighted by atomic mass is 16.5. The van der Waals surface area contributed by atoms with Gasteiger partial charge in [-0.25, -0.2) is 0 Å². The normalized spacial score (nSPS) is 11.1. The second kappa shape index (κ2) is 10.4. The summed E-state index contributed by atoms with van der Waals surface area (Å²) < 4.78 is 12.7. The molecule has 0 aliphatic carbocycles. The van der Waals surface area contributed by atoms with E-state index in [1.807, 2.05) is 32.0 Å². The van der Waals surface area contributed by atoms with Crippen LogP contribution in [0.15, 0.2) is 83.3 Å².